The Morgan fingerprint density at radius 2 is 1.92 bits per heavy atom. The second-order valence-corrected chi connectivity index (χ2v) is 9.99. The van der Waals surface area contributed by atoms with Crippen LogP contribution < -0.4 is 5.32 Å². The number of amides is 1. The molecule has 2 aromatic carbocycles. The van der Waals surface area contributed by atoms with Crippen LogP contribution in [0.15, 0.2) is 60.8 Å². The summed E-state index contributed by atoms with van der Waals surface area (Å²) in [6.07, 6.45) is 1.10. The largest absolute Gasteiger partial charge is 0.416 e. The van der Waals surface area contributed by atoms with E-state index < -0.39 is 23.6 Å². The van der Waals surface area contributed by atoms with E-state index in [2.05, 4.69) is 15.2 Å². The van der Waals surface area contributed by atoms with Crippen LogP contribution in [0.25, 0.3) is 17.0 Å². The molecule has 0 aliphatic carbocycles. The zero-order valence-electron chi connectivity index (χ0n) is 20.4. The molecule has 0 unspecified atom stereocenters. The number of benzene rings is 2. The molecule has 5 rings (SSSR count). The van der Waals surface area contributed by atoms with Crippen LogP contribution in [0.3, 0.4) is 0 Å². The Kier molecular flexibility index (Phi) is 7.66. The quantitative estimate of drug-likeness (QED) is 0.200. The number of hydrogen-bond donors (Lipinski definition) is 1. The summed E-state index contributed by atoms with van der Waals surface area (Å²) in [5.74, 6) is -0.514. The molecule has 11 heteroatoms. The number of aromatic nitrogens is 2. The van der Waals surface area contributed by atoms with Gasteiger partial charge in [0.05, 0.1) is 16.1 Å². The summed E-state index contributed by atoms with van der Waals surface area (Å²) in [6.45, 7) is 1.61. The van der Waals surface area contributed by atoms with E-state index in [1.165, 1.54) is 29.0 Å². The molecule has 0 fully saturated rings. The fraction of sp³-hybridized carbons (Fsp3) is 0.214. The molecule has 0 atom stereocenters. The number of fused-ring (bicyclic) bond motifs is 3. The number of halogens is 6. The van der Waals surface area contributed by atoms with Crippen LogP contribution in [0.2, 0.25) is 10.2 Å². The van der Waals surface area contributed by atoms with Crippen molar-refractivity contribution in [3.63, 3.8) is 0 Å². The van der Waals surface area contributed by atoms with Crippen molar-refractivity contribution in [2.75, 3.05) is 13.1 Å². The molecule has 202 valence electrons. The third kappa shape index (κ3) is 5.95. The van der Waals surface area contributed by atoms with Gasteiger partial charge in [-0.1, -0.05) is 41.4 Å². The van der Waals surface area contributed by atoms with Crippen LogP contribution >= 0.6 is 23.2 Å². The van der Waals surface area contributed by atoms with Gasteiger partial charge in [-0.2, -0.15) is 13.2 Å². The Hall–Kier alpha value is -3.40. The Labute approximate surface area is 231 Å². The van der Waals surface area contributed by atoms with E-state index in [1.54, 1.807) is 24.3 Å². The Bertz CT molecular complexity index is 1580. The number of pyridine rings is 1. The molecular formula is C28H22Cl2F4N4O. The Morgan fingerprint density at radius 3 is 2.67 bits per heavy atom. The zero-order valence-corrected chi connectivity index (χ0v) is 21.9. The highest BCUT2D eigenvalue weighted by Gasteiger charge is 2.33. The summed E-state index contributed by atoms with van der Waals surface area (Å²) in [6, 6.07) is 10.9. The van der Waals surface area contributed by atoms with E-state index >= 15 is 0 Å². The van der Waals surface area contributed by atoms with Crippen molar-refractivity contribution < 1.29 is 22.4 Å². The van der Waals surface area contributed by atoms with Crippen molar-refractivity contribution >= 4 is 46.2 Å². The van der Waals surface area contributed by atoms with Crippen molar-refractivity contribution in [3.8, 4) is 0 Å². The average Bonchev–Trinajstić information content (AvgIpc) is 3.22. The van der Waals surface area contributed by atoms with Gasteiger partial charge in [0.15, 0.2) is 0 Å². The first-order valence-corrected chi connectivity index (χ1v) is 12.8. The second-order valence-electron chi connectivity index (χ2n) is 9.20. The van der Waals surface area contributed by atoms with Gasteiger partial charge in [-0.05, 0) is 59.2 Å². The number of nitrogens with zero attached hydrogens (tertiary/aromatic N) is 3. The van der Waals surface area contributed by atoms with Gasteiger partial charge in [-0.3, -0.25) is 9.47 Å². The van der Waals surface area contributed by atoms with E-state index in [-0.39, 0.29) is 11.6 Å². The predicted molar refractivity (Wildman–Crippen MR) is 143 cm³/mol. The number of carbonyl (C=O) groups excluding carboxylic acids is 1. The van der Waals surface area contributed by atoms with Crippen molar-refractivity contribution in [3.05, 3.63) is 105 Å². The van der Waals surface area contributed by atoms with E-state index in [9.17, 15) is 22.4 Å². The maximum atomic E-state index is 13.7. The number of alkyl halides is 3. The Morgan fingerprint density at radius 1 is 1.10 bits per heavy atom. The standard InChI is InChI=1S/C28H22Cl2F4N4O/c29-22-5-3-17(12-23(22)31)2-1-10-37-11-8-25-21(16-37)20-14-19(28(32,33)34)4-6-24(20)38(25)27(39)36-15-18-7-9-35-26(30)13-18/h1-7,9,12-14H,8,10-11,15-16H2,(H,36,39). The van der Waals surface area contributed by atoms with Crippen LogP contribution in [0, 0.1) is 5.82 Å². The molecule has 5 nitrogen and oxygen atoms in total. The summed E-state index contributed by atoms with van der Waals surface area (Å²) in [7, 11) is 0. The van der Waals surface area contributed by atoms with E-state index in [0.717, 1.165) is 17.7 Å². The van der Waals surface area contributed by atoms with Crippen molar-refractivity contribution in [2.24, 2.45) is 0 Å². The molecule has 1 aliphatic heterocycles. The molecule has 0 bridgehead atoms. The first kappa shape index (κ1) is 27.2. The molecule has 3 heterocycles. The van der Waals surface area contributed by atoms with Crippen LogP contribution in [-0.2, 0) is 25.7 Å². The average molecular weight is 577 g/mol. The van der Waals surface area contributed by atoms with E-state index in [4.69, 9.17) is 23.2 Å². The topological polar surface area (TPSA) is 50.2 Å². The second kappa shape index (κ2) is 11.0. The molecule has 1 N–H and O–H groups in total. The lowest BCUT2D eigenvalue weighted by Gasteiger charge is -2.27. The summed E-state index contributed by atoms with van der Waals surface area (Å²) in [4.78, 5) is 19.3. The predicted octanol–water partition coefficient (Wildman–Crippen LogP) is 7.33. The van der Waals surface area contributed by atoms with E-state index in [1.807, 2.05) is 6.08 Å². The Balaban J connectivity index is 1.42. The molecule has 39 heavy (non-hydrogen) atoms. The van der Waals surface area contributed by atoms with Crippen LogP contribution in [0.1, 0.15) is 27.9 Å². The third-order valence-corrected chi connectivity index (χ3v) is 7.12. The smallest absolute Gasteiger partial charge is 0.333 e. The summed E-state index contributed by atoms with van der Waals surface area (Å²) < 4.78 is 55.9. The van der Waals surface area contributed by atoms with Gasteiger partial charge in [0, 0.05) is 49.9 Å². The lowest BCUT2D eigenvalue weighted by Crippen LogP contribution is -2.34. The summed E-state index contributed by atoms with van der Waals surface area (Å²) >= 11 is 11.7. The van der Waals surface area contributed by atoms with Crippen LogP contribution in [0.4, 0.5) is 22.4 Å². The van der Waals surface area contributed by atoms with Gasteiger partial charge in [0.2, 0.25) is 0 Å². The highest BCUT2D eigenvalue weighted by Crippen LogP contribution is 2.36. The van der Waals surface area contributed by atoms with Crippen molar-refractivity contribution in [1.82, 2.24) is 19.8 Å². The number of hydrogen-bond acceptors (Lipinski definition) is 3. The zero-order chi connectivity index (χ0) is 27.7. The molecule has 0 spiro atoms. The van der Waals surface area contributed by atoms with Gasteiger partial charge in [-0.25, -0.2) is 14.2 Å². The number of carbonyl (C=O) groups is 1. The summed E-state index contributed by atoms with van der Waals surface area (Å²) in [5, 5.41) is 3.56. The van der Waals surface area contributed by atoms with Gasteiger partial charge in [0.25, 0.3) is 0 Å². The SMILES string of the molecule is O=C(NCc1ccnc(Cl)c1)n1c2c(c3cc(C(F)(F)F)ccc31)CN(CC=Cc1ccc(Cl)c(F)c1)CC2. The molecule has 4 aromatic rings. The third-order valence-electron chi connectivity index (χ3n) is 6.61. The molecule has 0 saturated carbocycles. The maximum absolute atomic E-state index is 13.7. The number of rotatable bonds is 5. The molecule has 2 aromatic heterocycles. The highest BCUT2D eigenvalue weighted by molar-refractivity contribution is 6.30. The lowest BCUT2D eigenvalue weighted by molar-refractivity contribution is -0.137. The molecule has 0 radical (unpaired) electrons. The molecule has 1 amide bonds. The van der Waals surface area contributed by atoms with Gasteiger partial charge in [0.1, 0.15) is 11.0 Å². The summed E-state index contributed by atoms with van der Waals surface area (Å²) in [5.41, 5.74) is 2.38. The normalized spacial score (nSPS) is 14.2. The van der Waals surface area contributed by atoms with Gasteiger partial charge >= 0.3 is 12.2 Å². The monoisotopic (exact) mass is 576 g/mol. The molecule has 0 saturated heterocycles. The van der Waals surface area contributed by atoms with Crippen LogP contribution in [0.5, 0.6) is 0 Å². The van der Waals surface area contributed by atoms with Crippen LogP contribution in [-0.4, -0.2) is 33.6 Å². The highest BCUT2D eigenvalue weighted by atomic mass is 35.5. The molecular weight excluding hydrogens is 555 g/mol. The van der Waals surface area contributed by atoms with E-state index in [0.29, 0.717) is 58.9 Å². The van der Waals surface area contributed by atoms with Gasteiger partial charge < -0.3 is 5.32 Å². The molecule has 1 aliphatic rings. The fourth-order valence-corrected chi connectivity index (χ4v) is 5.06. The van der Waals surface area contributed by atoms with Crippen molar-refractivity contribution in [1.29, 1.82) is 0 Å². The minimum Gasteiger partial charge on any atom is -0.333 e. The first-order chi connectivity index (χ1) is 18.6. The first-order valence-electron chi connectivity index (χ1n) is 12.1. The fourth-order valence-electron chi connectivity index (χ4n) is 4.74. The van der Waals surface area contributed by atoms with Crippen molar-refractivity contribution in [2.45, 2.75) is 25.7 Å². The minimum absolute atomic E-state index is 0.0407. The number of nitrogens with one attached hydrogen (secondary N) is 1. The maximum Gasteiger partial charge on any atom is 0.416 e. The lowest BCUT2D eigenvalue weighted by atomic mass is 10.0. The van der Waals surface area contributed by atoms with Gasteiger partial charge in [-0.15, -0.1) is 0 Å². The minimum atomic E-state index is -4.52.